The van der Waals surface area contributed by atoms with E-state index in [1.807, 2.05) is 48.5 Å². The normalized spacial score (nSPS) is 12.3. The van der Waals surface area contributed by atoms with Gasteiger partial charge in [0.2, 0.25) is 11.7 Å². The summed E-state index contributed by atoms with van der Waals surface area (Å²) in [5, 5.41) is 3.90. The molecule has 0 aliphatic carbocycles. The van der Waals surface area contributed by atoms with Crippen LogP contribution in [-0.4, -0.2) is 15.1 Å². The van der Waals surface area contributed by atoms with Crippen LogP contribution in [-0.2, 0) is 0 Å². The second kappa shape index (κ2) is 4.99. The molecule has 3 aromatic rings. The molecule has 0 amide bonds. The molecule has 2 N–H and O–H groups in total. The van der Waals surface area contributed by atoms with E-state index >= 15 is 0 Å². The fourth-order valence-electron chi connectivity index (χ4n) is 1.76. The van der Waals surface area contributed by atoms with Gasteiger partial charge in [-0.25, -0.2) is 0 Å². The Hall–Kier alpha value is -2.53. The van der Waals surface area contributed by atoms with E-state index in [4.69, 9.17) is 10.3 Å². The zero-order valence-corrected chi connectivity index (χ0v) is 10.1. The fourth-order valence-corrected chi connectivity index (χ4v) is 1.76. The van der Waals surface area contributed by atoms with Crippen LogP contribution in [0.2, 0.25) is 0 Å². The quantitative estimate of drug-likeness (QED) is 0.773. The molecule has 0 spiro atoms. The first kappa shape index (κ1) is 11.6. The first-order valence-corrected chi connectivity index (χ1v) is 5.90. The molecule has 1 aromatic carbocycles. The molecular formula is C14H12N4O. The van der Waals surface area contributed by atoms with Gasteiger partial charge in [-0.1, -0.05) is 41.6 Å². The second-order valence-electron chi connectivity index (χ2n) is 4.06. The number of hydrogen-bond donors (Lipinski definition) is 1. The van der Waals surface area contributed by atoms with Crippen LogP contribution in [0.3, 0.4) is 0 Å². The molecule has 0 bridgehead atoms. The summed E-state index contributed by atoms with van der Waals surface area (Å²) in [4.78, 5) is 8.46. The number of benzene rings is 1. The van der Waals surface area contributed by atoms with Crippen molar-refractivity contribution in [3.8, 4) is 11.5 Å². The smallest absolute Gasteiger partial charge is 0.248 e. The van der Waals surface area contributed by atoms with Crippen molar-refractivity contribution in [2.75, 3.05) is 0 Å². The average Bonchev–Trinajstić information content (AvgIpc) is 2.98. The number of pyridine rings is 1. The van der Waals surface area contributed by atoms with Gasteiger partial charge in [-0.3, -0.25) is 4.98 Å². The van der Waals surface area contributed by atoms with Crippen LogP contribution < -0.4 is 5.73 Å². The van der Waals surface area contributed by atoms with Crippen molar-refractivity contribution in [2.45, 2.75) is 6.04 Å². The van der Waals surface area contributed by atoms with Crippen LogP contribution in [0.25, 0.3) is 11.5 Å². The molecule has 0 aliphatic rings. The molecule has 0 saturated carbocycles. The number of nitrogens with zero attached hydrogens (tertiary/aromatic N) is 3. The number of hydrogen-bond acceptors (Lipinski definition) is 5. The van der Waals surface area contributed by atoms with E-state index in [9.17, 15) is 0 Å². The number of rotatable bonds is 3. The second-order valence-corrected chi connectivity index (χ2v) is 4.06. The summed E-state index contributed by atoms with van der Waals surface area (Å²) >= 11 is 0. The fraction of sp³-hybridized carbons (Fsp3) is 0.0714. The van der Waals surface area contributed by atoms with Crippen LogP contribution >= 0.6 is 0 Å². The van der Waals surface area contributed by atoms with Crippen molar-refractivity contribution in [1.82, 2.24) is 15.1 Å². The zero-order valence-electron chi connectivity index (χ0n) is 10.1. The Bertz CT molecular complexity index is 651. The number of nitrogens with two attached hydrogens (primary N) is 1. The Morgan fingerprint density at radius 1 is 1.00 bits per heavy atom. The number of aromatic nitrogens is 3. The molecular weight excluding hydrogens is 240 g/mol. The standard InChI is InChI=1S/C14H12N4O/c15-12(10-6-2-1-3-7-10)14-17-13(18-19-14)11-8-4-5-9-16-11/h1-9,12H,15H2/t12-/m1/s1. The summed E-state index contributed by atoms with van der Waals surface area (Å²) in [6.07, 6.45) is 1.68. The molecule has 0 aliphatic heterocycles. The van der Waals surface area contributed by atoms with Crippen molar-refractivity contribution >= 4 is 0 Å². The maximum atomic E-state index is 6.09. The summed E-state index contributed by atoms with van der Waals surface area (Å²) in [5.41, 5.74) is 7.69. The molecule has 3 rings (SSSR count). The van der Waals surface area contributed by atoms with E-state index in [1.165, 1.54) is 0 Å². The topological polar surface area (TPSA) is 77.8 Å². The first-order chi connectivity index (χ1) is 9.34. The van der Waals surface area contributed by atoms with Gasteiger partial charge in [-0.05, 0) is 17.7 Å². The van der Waals surface area contributed by atoms with Crippen molar-refractivity contribution < 1.29 is 4.52 Å². The summed E-state index contributed by atoms with van der Waals surface area (Å²) < 4.78 is 5.21. The maximum absolute atomic E-state index is 6.09. The maximum Gasteiger partial charge on any atom is 0.248 e. The molecule has 0 saturated heterocycles. The average molecular weight is 252 g/mol. The lowest BCUT2D eigenvalue weighted by atomic mass is 10.1. The minimum Gasteiger partial charge on any atom is -0.337 e. The van der Waals surface area contributed by atoms with Crippen molar-refractivity contribution in [3.63, 3.8) is 0 Å². The molecule has 94 valence electrons. The molecule has 5 nitrogen and oxygen atoms in total. The van der Waals surface area contributed by atoms with E-state index in [-0.39, 0.29) is 0 Å². The molecule has 19 heavy (non-hydrogen) atoms. The summed E-state index contributed by atoms with van der Waals surface area (Å²) in [7, 11) is 0. The van der Waals surface area contributed by atoms with Crippen molar-refractivity contribution in [2.24, 2.45) is 5.73 Å². The van der Waals surface area contributed by atoms with Crippen LogP contribution in [0.4, 0.5) is 0 Å². The lowest BCUT2D eigenvalue weighted by Crippen LogP contribution is -2.11. The molecule has 1 atom stereocenters. The molecule has 0 unspecified atom stereocenters. The van der Waals surface area contributed by atoms with E-state index < -0.39 is 6.04 Å². The highest BCUT2D eigenvalue weighted by Crippen LogP contribution is 2.20. The van der Waals surface area contributed by atoms with Crippen LogP contribution in [0.1, 0.15) is 17.5 Å². The zero-order chi connectivity index (χ0) is 13.1. The van der Waals surface area contributed by atoms with Gasteiger partial charge in [0.05, 0.1) is 0 Å². The molecule has 2 heterocycles. The van der Waals surface area contributed by atoms with Gasteiger partial charge in [0.25, 0.3) is 0 Å². The Labute approximate surface area is 110 Å². The van der Waals surface area contributed by atoms with Gasteiger partial charge >= 0.3 is 0 Å². The molecule has 0 fully saturated rings. The third-order valence-electron chi connectivity index (χ3n) is 2.76. The van der Waals surface area contributed by atoms with Crippen molar-refractivity contribution in [1.29, 1.82) is 0 Å². The Morgan fingerprint density at radius 3 is 2.53 bits per heavy atom. The third-order valence-corrected chi connectivity index (χ3v) is 2.76. The van der Waals surface area contributed by atoms with Crippen molar-refractivity contribution in [3.05, 3.63) is 66.2 Å². The highest BCUT2D eigenvalue weighted by Gasteiger charge is 2.17. The van der Waals surface area contributed by atoms with Gasteiger partial charge in [0, 0.05) is 6.20 Å². The highest BCUT2D eigenvalue weighted by atomic mass is 16.5. The predicted molar refractivity (Wildman–Crippen MR) is 70.0 cm³/mol. The minimum absolute atomic E-state index is 0.381. The summed E-state index contributed by atoms with van der Waals surface area (Å²) in [6, 6.07) is 14.7. The van der Waals surface area contributed by atoms with Crippen LogP contribution in [0, 0.1) is 0 Å². The Kier molecular flexibility index (Phi) is 3.04. The summed E-state index contributed by atoms with van der Waals surface area (Å²) in [5.74, 6) is 0.828. The lowest BCUT2D eigenvalue weighted by molar-refractivity contribution is 0.367. The van der Waals surface area contributed by atoms with Gasteiger partial charge in [0.15, 0.2) is 0 Å². The van der Waals surface area contributed by atoms with E-state index in [0.29, 0.717) is 17.4 Å². The molecule has 5 heteroatoms. The van der Waals surface area contributed by atoms with Gasteiger partial charge in [-0.2, -0.15) is 4.98 Å². The Balaban J connectivity index is 1.90. The Morgan fingerprint density at radius 2 is 1.79 bits per heavy atom. The predicted octanol–water partition coefficient (Wildman–Crippen LogP) is 2.18. The van der Waals surface area contributed by atoms with Crippen LogP contribution in [0.15, 0.2) is 59.3 Å². The van der Waals surface area contributed by atoms with Gasteiger partial charge in [-0.15, -0.1) is 0 Å². The minimum atomic E-state index is -0.425. The van der Waals surface area contributed by atoms with E-state index in [0.717, 1.165) is 5.56 Å². The summed E-state index contributed by atoms with van der Waals surface area (Å²) in [6.45, 7) is 0. The highest BCUT2D eigenvalue weighted by molar-refractivity contribution is 5.47. The monoisotopic (exact) mass is 252 g/mol. The molecule has 0 radical (unpaired) electrons. The van der Waals surface area contributed by atoms with Gasteiger partial charge in [0.1, 0.15) is 11.7 Å². The largest absolute Gasteiger partial charge is 0.337 e. The first-order valence-electron chi connectivity index (χ1n) is 5.90. The van der Waals surface area contributed by atoms with Crippen LogP contribution in [0.5, 0.6) is 0 Å². The lowest BCUT2D eigenvalue weighted by Gasteiger charge is -2.05. The third kappa shape index (κ3) is 2.36. The van der Waals surface area contributed by atoms with Gasteiger partial charge < -0.3 is 10.3 Å². The molecule has 2 aromatic heterocycles. The van der Waals surface area contributed by atoms with E-state index in [2.05, 4.69) is 15.1 Å². The SMILES string of the molecule is N[C@H](c1ccccc1)c1nc(-c2ccccn2)no1. The van der Waals surface area contributed by atoms with E-state index in [1.54, 1.807) is 6.20 Å².